The molecule has 1 aliphatic rings. The van der Waals surface area contributed by atoms with Gasteiger partial charge in [0.05, 0.1) is 11.6 Å². The summed E-state index contributed by atoms with van der Waals surface area (Å²) in [4.78, 5) is 14.1. The first-order valence-corrected chi connectivity index (χ1v) is 6.59. The largest absolute Gasteiger partial charge is 0.389 e. The van der Waals surface area contributed by atoms with Gasteiger partial charge in [-0.05, 0) is 46.1 Å². The summed E-state index contributed by atoms with van der Waals surface area (Å²) in [6, 6.07) is -0.0777. The lowest BCUT2D eigenvalue weighted by Gasteiger charge is -2.35. The molecule has 1 heterocycles. The fraction of sp³-hybridized carbons (Fsp3) is 0.923. The summed E-state index contributed by atoms with van der Waals surface area (Å²) in [6.07, 6.45) is 2.24. The van der Waals surface area contributed by atoms with E-state index in [-0.39, 0.29) is 11.9 Å². The molecule has 17 heavy (non-hydrogen) atoms. The molecule has 2 atom stereocenters. The van der Waals surface area contributed by atoms with Gasteiger partial charge in [-0.1, -0.05) is 6.92 Å². The quantitative estimate of drug-likeness (QED) is 0.773. The third-order valence-electron chi connectivity index (χ3n) is 3.31. The molecule has 2 N–H and O–H groups in total. The van der Waals surface area contributed by atoms with E-state index in [0.29, 0.717) is 19.0 Å². The van der Waals surface area contributed by atoms with E-state index in [1.165, 1.54) is 0 Å². The first-order chi connectivity index (χ1) is 7.85. The van der Waals surface area contributed by atoms with E-state index in [9.17, 15) is 9.90 Å². The van der Waals surface area contributed by atoms with Crippen LogP contribution in [0.15, 0.2) is 0 Å². The Kier molecular flexibility index (Phi) is 4.95. The number of likely N-dealkylation sites (N-methyl/N-ethyl adjacent to an activating group) is 1. The molecule has 2 unspecified atom stereocenters. The number of nitrogens with one attached hydrogen (secondary N) is 1. The van der Waals surface area contributed by atoms with Crippen LogP contribution in [0, 0.1) is 5.92 Å². The van der Waals surface area contributed by atoms with Crippen LogP contribution >= 0.6 is 0 Å². The van der Waals surface area contributed by atoms with Gasteiger partial charge in [0.25, 0.3) is 0 Å². The van der Waals surface area contributed by atoms with Crippen LogP contribution in [0.4, 0.5) is 0 Å². The van der Waals surface area contributed by atoms with Gasteiger partial charge in [-0.15, -0.1) is 0 Å². The zero-order valence-corrected chi connectivity index (χ0v) is 11.5. The van der Waals surface area contributed by atoms with Gasteiger partial charge >= 0.3 is 0 Å². The average molecular weight is 242 g/mol. The highest BCUT2D eigenvalue weighted by Crippen LogP contribution is 2.18. The van der Waals surface area contributed by atoms with Gasteiger partial charge in [0, 0.05) is 13.1 Å². The number of piperidine rings is 1. The van der Waals surface area contributed by atoms with Gasteiger partial charge < -0.3 is 15.3 Å². The maximum atomic E-state index is 12.4. The molecule has 0 bridgehead atoms. The number of carbonyl (C=O) groups is 1. The molecule has 0 aromatic rings. The maximum Gasteiger partial charge on any atom is 0.240 e. The van der Waals surface area contributed by atoms with Gasteiger partial charge in [0.1, 0.15) is 0 Å². The van der Waals surface area contributed by atoms with Crippen molar-refractivity contribution in [1.29, 1.82) is 0 Å². The van der Waals surface area contributed by atoms with Crippen LogP contribution in [-0.2, 0) is 4.79 Å². The predicted molar refractivity (Wildman–Crippen MR) is 68.7 cm³/mol. The Hall–Kier alpha value is -0.610. The van der Waals surface area contributed by atoms with E-state index >= 15 is 0 Å². The van der Waals surface area contributed by atoms with Crippen LogP contribution < -0.4 is 5.32 Å². The fourth-order valence-electron chi connectivity index (χ4n) is 2.39. The molecule has 0 saturated carbocycles. The second-order valence-electron chi connectivity index (χ2n) is 5.72. The van der Waals surface area contributed by atoms with Gasteiger partial charge in [0.15, 0.2) is 0 Å². The third-order valence-corrected chi connectivity index (χ3v) is 3.31. The molecule has 1 aliphatic heterocycles. The number of rotatable bonds is 4. The molecule has 0 radical (unpaired) electrons. The van der Waals surface area contributed by atoms with Crippen molar-refractivity contribution in [3.63, 3.8) is 0 Å². The molecule has 100 valence electrons. The number of hydrogen-bond donors (Lipinski definition) is 2. The molecule has 0 aromatic heterocycles. The number of nitrogens with zero attached hydrogens (tertiary/aromatic N) is 1. The molecule has 4 nitrogen and oxygen atoms in total. The third kappa shape index (κ3) is 4.28. The number of hydrogen-bond acceptors (Lipinski definition) is 3. The summed E-state index contributed by atoms with van der Waals surface area (Å²) in [7, 11) is 0. The summed E-state index contributed by atoms with van der Waals surface area (Å²) < 4.78 is 0. The minimum Gasteiger partial charge on any atom is -0.389 e. The second-order valence-corrected chi connectivity index (χ2v) is 5.72. The minimum absolute atomic E-state index is 0.0777. The van der Waals surface area contributed by atoms with Crippen LogP contribution in [0.2, 0.25) is 0 Å². The van der Waals surface area contributed by atoms with Crippen molar-refractivity contribution in [2.75, 3.05) is 19.6 Å². The molecular weight excluding hydrogens is 216 g/mol. The summed E-state index contributed by atoms with van der Waals surface area (Å²) in [6.45, 7) is 9.51. The molecule has 1 rings (SSSR count). The highest BCUT2D eigenvalue weighted by Gasteiger charge is 2.32. The van der Waals surface area contributed by atoms with E-state index in [1.807, 2.05) is 6.92 Å². The number of aliphatic hydroxyl groups is 1. The van der Waals surface area contributed by atoms with E-state index in [1.54, 1.807) is 18.7 Å². The van der Waals surface area contributed by atoms with Crippen molar-refractivity contribution in [3.8, 4) is 0 Å². The van der Waals surface area contributed by atoms with Crippen LogP contribution in [0.5, 0.6) is 0 Å². The summed E-state index contributed by atoms with van der Waals surface area (Å²) in [5.41, 5.74) is -0.830. The second kappa shape index (κ2) is 5.83. The molecule has 0 spiro atoms. The smallest absolute Gasteiger partial charge is 0.240 e. The number of amides is 1. The molecule has 1 saturated heterocycles. The Bertz CT molecular complexity index is 261. The lowest BCUT2D eigenvalue weighted by Crippen LogP contribution is -2.54. The van der Waals surface area contributed by atoms with E-state index < -0.39 is 5.60 Å². The Labute approximate surface area is 104 Å². The van der Waals surface area contributed by atoms with Gasteiger partial charge in [-0.3, -0.25) is 4.79 Å². The van der Waals surface area contributed by atoms with Crippen LogP contribution in [0.1, 0.15) is 40.5 Å². The van der Waals surface area contributed by atoms with Crippen molar-refractivity contribution in [3.05, 3.63) is 0 Å². The van der Waals surface area contributed by atoms with Crippen molar-refractivity contribution in [2.45, 2.75) is 52.2 Å². The summed E-state index contributed by atoms with van der Waals surface area (Å²) in [5.74, 6) is 0.508. The topological polar surface area (TPSA) is 52.6 Å². The maximum absolute atomic E-state index is 12.4. The SMILES string of the molecule is CCN(CC(C)(C)O)C(=O)C1NCCCC1C. The Morgan fingerprint density at radius 3 is 2.65 bits per heavy atom. The Balaban J connectivity index is 2.64. The molecule has 0 aromatic carbocycles. The van der Waals surface area contributed by atoms with E-state index in [0.717, 1.165) is 19.4 Å². The highest BCUT2D eigenvalue weighted by molar-refractivity contribution is 5.82. The molecule has 1 amide bonds. The van der Waals surface area contributed by atoms with Crippen LogP contribution in [-0.4, -0.2) is 47.2 Å². The van der Waals surface area contributed by atoms with Gasteiger partial charge in [-0.2, -0.15) is 0 Å². The molecular formula is C13H26N2O2. The standard InChI is InChI=1S/C13H26N2O2/c1-5-15(9-13(3,4)17)12(16)11-10(2)7-6-8-14-11/h10-11,14,17H,5-9H2,1-4H3. The van der Waals surface area contributed by atoms with Crippen molar-refractivity contribution in [2.24, 2.45) is 5.92 Å². The average Bonchev–Trinajstić information content (AvgIpc) is 2.24. The monoisotopic (exact) mass is 242 g/mol. The zero-order chi connectivity index (χ0) is 13.1. The van der Waals surface area contributed by atoms with Gasteiger partial charge in [-0.25, -0.2) is 0 Å². The van der Waals surface area contributed by atoms with E-state index in [2.05, 4.69) is 12.2 Å². The van der Waals surface area contributed by atoms with Crippen molar-refractivity contribution >= 4 is 5.91 Å². The van der Waals surface area contributed by atoms with Crippen molar-refractivity contribution < 1.29 is 9.90 Å². The molecule has 4 heteroatoms. The van der Waals surface area contributed by atoms with Gasteiger partial charge in [0.2, 0.25) is 5.91 Å². The highest BCUT2D eigenvalue weighted by atomic mass is 16.3. The lowest BCUT2D eigenvalue weighted by molar-refractivity contribution is -0.138. The summed E-state index contributed by atoms with van der Waals surface area (Å²) >= 11 is 0. The first kappa shape index (κ1) is 14.5. The Morgan fingerprint density at radius 1 is 1.53 bits per heavy atom. The normalized spacial score (nSPS) is 25.7. The number of carbonyl (C=O) groups excluding carboxylic acids is 1. The first-order valence-electron chi connectivity index (χ1n) is 6.59. The van der Waals surface area contributed by atoms with Crippen molar-refractivity contribution in [1.82, 2.24) is 10.2 Å². The Morgan fingerprint density at radius 2 is 2.18 bits per heavy atom. The molecule has 0 aliphatic carbocycles. The zero-order valence-electron chi connectivity index (χ0n) is 11.5. The fourth-order valence-corrected chi connectivity index (χ4v) is 2.39. The minimum atomic E-state index is -0.830. The molecule has 1 fully saturated rings. The summed E-state index contributed by atoms with van der Waals surface area (Å²) in [5, 5.41) is 13.1. The lowest BCUT2D eigenvalue weighted by atomic mass is 9.91. The van der Waals surface area contributed by atoms with E-state index in [4.69, 9.17) is 0 Å². The van der Waals surface area contributed by atoms with Crippen LogP contribution in [0.25, 0.3) is 0 Å². The van der Waals surface area contributed by atoms with Crippen LogP contribution in [0.3, 0.4) is 0 Å². The predicted octanol–water partition coefficient (Wildman–Crippen LogP) is 0.994.